The van der Waals surface area contributed by atoms with Crippen LogP contribution in [0.3, 0.4) is 0 Å². The Bertz CT molecular complexity index is 834. The maximum Gasteiger partial charge on any atom is 0.343 e. The summed E-state index contributed by atoms with van der Waals surface area (Å²) in [5.41, 5.74) is 0.0451. The molecule has 2 fully saturated rings. The van der Waals surface area contributed by atoms with Crippen LogP contribution in [0.2, 0.25) is 0 Å². The second-order valence-electron chi connectivity index (χ2n) is 9.63. The summed E-state index contributed by atoms with van der Waals surface area (Å²) in [6.45, 7) is 2.74. The number of hydrogen-bond donors (Lipinski definition) is 1. The van der Waals surface area contributed by atoms with Crippen molar-refractivity contribution in [3.63, 3.8) is 0 Å². The van der Waals surface area contributed by atoms with Crippen molar-refractivity contribution in [1.82, 2.24) is 5.16 Å². The molecule has 0 amide bonds. The van der Waals surface area contributed by atoms with Gasteiger partial charge in [-0.1, -0.05) is 54.8 Å². The van der Waals surface area contributed by atoms with Gasteiger partial charge in [0.2, 0.25) is 0 Å². The van der Waals surface area contributed by atoms with E-state index in [1.165, 1.54) is 6.42 Å². The number of benzene rings is 1. The summed E-state index contributed by atoms with van der Waals surface area (Å²) in [5, 5.41) is 15.8. The zero-order valence-corrected chi connectivity index (χ0v) is 18.5. The van der Waals surface area contributed by atoms with Gasteiger partial charge in [-0.05, 0) is 24.8 Å². The molecule has 4 rings (SSSR count). The van der Waals surface area contributed by atoms with Gasteiger partial charge in [0.25, 0.3) is 0 Å². The summed E-state index contributed by atoms with van der Waals surface area (Å²) in [4.78, 5) is 13.5. The van der Waals surface area contributed by atoms with Gasteiger partial charge in [0.15, 0.2) is 11.7 Å². The highest BCUT2D eigenvalue weighted by molar-refractivity contribution is 5.81. The SMILES string of the molecule is C[N+]1(CCc2ccon2)CCC[C@@H](OC(=O)C(O)(c2ccccc2)C2CCCCC2)C1. The highest BCUT2D eigenvalue weighted by Crippen LogP contribution is 2.41. The molecule has 0 spiro atoms. The molecular weight excluding hydrogens is 392 g/mol. The van der Waals surface area contributed by atoms with Gasteiger partial charge < -0.3 is 18.8 Å². The second-order valence-corrected chi connectivity index (χ2v) is 9.63. The molecule has 168 valence electrons. The second kappa shape index (κ2) is 9.53. The molecule has 2 unspecified atom stereocenters. The van der Waals surface area contributed by atoms with Gasteiger partial charge in [-0.2, -0.15) is 0 Å². The zero-order valence-electron chi connectivity index (χ0n) is 18.5. The molecule has 1 aliphatic carbocycles. The van der Waals surface area contributed by atoms with Crippen LogP contribution in [0.1, 0.15) is 56.2 Å². The smallest absolute Gasteiger partial charge is 0.343 e. The minimum Gasteiger partial charge on any atom is -0.454 e. The van der Waals surface area contributed by atoms with Crippen LogP contribution in [0.15, 0.2) is 47.2 Å². The third kappa shape index (κ3) is 5.01. The van der Waals surface area contributed by atoms with Crippen molar-refractivity contribution < 1.29 is 23.6 Å². The highest BCUT2D eigenvalue weighted by atomic mass is 16.6. The molecule has 31 heavy (non-hydrogen) atoms. The topological polar surface area (TPSA) is 72.6 Å². The number of ether oxygens (including phenoxy) is 1. The van der Waals surface area contributed by atoms with Crippen LogP contribution < -0.4 is 0 Å². The van der Waals surface area contributed by atoms with Crippen molar-refractivity contribution in [1.29, 1.82) is 0 Å². The van der Waals surface area contributed by atoms with E-state index in [9.17, 15) is 9.90 Å². The number of aromatic nitrogens is 1. The largest absolute Gasteiger partial charge is 0.454 e. The summed E-state index contributed by atoms with van der Waals surface area (Å²) in [6, 6.07) is 11.3. The lowest BCUT2D eigenvalue weighted by atomic mass is 9.73. The quantitative estimate of drug-likeness (QED) is 0.537. The third-order valence-corrected chi connectivity index (χ3v) is 7.26. The van der Waals surface area contributed by atoms with Gasteiger partial charge in [0.05, 0.1) is 25.8 Å². The predicted molar refractivity (Wildman–Crippen MR) is 117 cm³/mol. The molecule has 1 N–H and O–H groups in total. The Morgan fingerprint density at radius 2 is 1.94 bits per heavy atom. The lowest BCUT2D eigenvalue weighted by Gasteiger charge is -2.42. The first-order valence-corrected chi connectivity index (χ1v) is 11.7. The number of quaternary nitrogens is 1. The number of aliphatic hydroxyl groups is 1. The van der Waals surface area contributed by atoms with Gasteiger partial charge in [0.1, 0.15) is 12.8 Å². The number of hydrogen-bond acceptors (Lipinski definition) is 5. The Balaban J connectivity index is 1.46. The average molecular weight is 428 g/mol. The molecule has 3 atom stereocenters. The summed E-state index contributed by atoms with van der Waals surface area (Å²) in [7, 11) is 2.21. The standard InChI is InChI=1S/C25H35N2O4/c1-27(17-14-22-15-18-30-26-22)16-8-13-23(19-27)31-24(28)25(29,20-9-4-2-5-10-20)21-11-6-3-7-12-21/h2,4-5,9-10,15,18,21,23,29H,3,6-8,11-14,16-17,19H2,1H3/q+1/t23-,25?,27?/m1/s1. The van der Waals surface area contributed by atoms with E-state index in [-0.39, 0.29) is 12.0 Å². The molecular formula is C25H35N2O4+. The summed E-state index contributed by atoms with van der Waals surface area (Å²) < 4.78 is 11.8. The average Bonchev–Trinajstić information content (AvgIpc) is 3.32. The molecule has 0 bridgehead atoms. The Kier molecular flexibility index (Phi) is 6.77. The third-order valence-electron chi connectivity index (χ3n) is 7.26. The van der Waals surface area contributed by atoms with Gasteiger partial charge >= 0.3 is 5.97 Å². The van der Waals surface area contributed by atoms with Crippen LogP contribution in [0.5, 0.6) is 0 Å². The molecule has 1 saturated carbocycles. The van der Waals surface area contributed by atoms with E-state index in [0.29, 0.717) is 5.56 Å². The van der Waals surface area contributed by atoms with Crippen LogP contribution in [0, 0.1) is 5.92 Å². The number of nitrogens with zero attached hydrogens (tertiary/aromatic N) is 2. The van der Waals surface area contributed by atoms with E-state index in [0.717, 1.165) is 74.8 Å². The number of carbonyl (C=O) groups excluding carboxylic acids is 1. The Morgan fingerprint density at radius 1 is 1.16 bits per heavy atom. The minimum atomic E-state index is -1.57. The van der Waals surface area contributed by atoms with E-state index in [4.69, 9.17) is 9.26 Å². The first kappa shape index (κ1) is 22.0. The number of likely N-dealkylation sites (tertiary alicyclic amines) is 1. The molecule has 1 aliphatic heterocycles. The normalized spacial score (nSPS) is 26.8. The fourth-order valence-electron chi connectivity index (χ4n) is 5.40. The van der Waals surface area contributed by atoms with Gasteiger partial charge in [-0.15, -0.1) is 0 Å². The lowest BCUT2D eigenvalue weighted by molar-refractivity contribution is -0.916. The molecule has 6 nitrogen and oxygen atoms in total. The zero-order chi connectivity index (χ0) is 21.7. The van der Waals surface area contributed by atoms with E-state index in [1.807, 2.05) is 36.4 Å². The summed E-state index contributed by atoms with van der Waals surface area (Å²) >= 11 is 0. The number of rotatable bonds is 7. The predicted octanol–water partition coefficient (Wildman–Crippen LogP) is 3.84. The van der Waals surface area contributed by atoms with Crippen LogP contribution in [0.4, 0.5) is 0 Å². The van der Waals surface area contributed by atoms with Crippen LogP contribution in [-0.4, -0.2) is 53.5 Å². The van der Waals surface area contributed by atoms with E-state index < -0.39 is 11.6 Å². The number of carbonyl (C=O) groups is 1. The lowest BCUT2D eigenvalue weighted by Crippen LogP contribution is -2.56. The fourth-order valence-corrected chi connectivity index (χ4v) is 5.40. The van der Waals surface area contributed by atoms with Crippen LogP contribution >= 0.6 is 0 Å². The Labute approximate surface area is 184 Å². The monoisotopic (exact) mass is 427 g/mol. The van der Waals surface area contributed by atoms with Crippen molar-refractivity contribution in [2.24, 2.45) is 5.92 Å². The maximum absolute atomic E-state index is 13.5. The van der Waals surface area contributed by atoms with Gasteiger partial charge in [0, 0.05) is 24.8 Å². The van der Waals surface area contributed by atoms with Gasteiger partial charge in [-0.25, -0.2) is 4.79 Å². The van der Waals surface area contributed by atoms with Crippen molar-refractivity contribution in [3.05, 3.63) is 53.9 Å². The highest BCUT2D eigenvalue weighted by Gasteiger charge is 2.48. The molecule has 2 heterocycles. The fraction of sp³-hybridized carbons (Fsp3) is 0.600. The van der Waals surface area contributed by atoms with Gasteiger partial charge in [-0.3, -0.25) is 0 Å². The molecule has 1 aromatic heterocycles. The van der Waals surface area contributed by atoms with E-state index >= 15 is 0 Å². The molecule has 1 aromatic carbocycles. The Morgan fingerprint density at radius 3 is 2.65 bits per heavy atom. The number of piperidine rings is 1. The van der Waals surface area contributed by atoms with Crippen molar-refractivity contribution in [3.8, 4) is 0 Å². The Hall–Kier alpha value is -2.18. The van der Waals surface area contributed by atoms with Crippen molar-refractivity contribution in [2.75, 3.05) is 26.7 Å². The first-order valence-electron chi connectivity index (χ1n) is 11.7. The molecule has 2 aromatic rings. The summed E-state index contributed by atoms with van der Waals surface area (Å²) in [5.74, 6) is -0.562. The van der Waals surface area contributed by atoms with E-state index in [2.05, 4.69) is 12.2 Å². The van der Waals surface area contributed by atoms with Crippen molar-refractivity contribution in [2.45, 2.75) is 63.1 Å². The molecule has 6 heteroatoms. The number of esters is 1. The van der Waals surface area contributed by atoms with Crippen LogP contribution in [0.25, 0.3) is 0 Å². The van der Waals surface area contributed by atoms with Crippen molar-refractivity contribution >= 4 is 5.97 Å². The molecule has 0 radical (unpaired) electrons. The van der Waals surface area contributed by atoms with E-state index in [1.54, 1.807) is 6.26 Å². The maximum atomic E-state index is 13.5. The molecule has 2 aliphatic rings. The van der Waals surface area contributed by atoms with Crippen LogP contribution in [-0.2, 0) is 21.6 Å². The molecule has 1 saturated heterocycles. The first-order chi connectivity index (χ1) is 15.0. The number of likely N-dealkylation sites (N-methyl/N-ethyl adjacent to an activating group) is 1. The summed E-state index contributed by atoms with van der Waals surface area (Å²) in [6.07, 6.45) is 9.09. The minimum absolute atomic E-state index is 0.0900.